The summed E-state index contributed by atoms with van der Waals surface area (Å²) in [4.78, 5) is 25.7. The number of anilines is 2. The molecule has 0 spiro atoms. The van der Waals surface area contributed by atoms with Crippen LogP contribution in [-0.4, -0.2) is 39.1 Å². The van der Waals surface area contributed by atoms with Crippen LogP contribution in [0.4, 0.5) is 11.4 Å². The molecule has 8 heteroatoms. The third-order valence-electron chi connectivity index (χ3n) is 3.83. The molecule has 1 heterocycles. The second-order valence-electron chi connectivity index (χ2n) is 5.04. The van der Waals surface area contributed by atoms with E-state index in [4.69, 9.17) is 15.3 Å². The fourth-order valence-corrected chi connectivity index (χ4v) is 2.44. The molecule has 1 aromatic rings. The number of methoxy groups -OCH3 is 2. The van der Waals surface area contributed by atoms with E-state index in [9.17, 15) is 9.59 Å². The van der Waals surface area contributed by atoms with Crippen LogP contribution in [0.2, 0.25) is 0 Å². The average molecular weight is 308 g/mol. The summed E-state index contributed by atoms with van der Waals surface area (Å²) in [5.41, 5.74) is 3.40. The molecule has 8 nitrogen and oxygen atoms in total. The quantitative estimate of drug-likeness (QED) is 0.413. The monoisotopic (exact) mass is 308 g/mol. The van der Waals surface area contributed by atoms with Crippen molar-refractivity contribution in [3.8, 4) is 11.5 Å². The molecule has 22 heavy (non-hydrogen) atoms. The molecule has 1 aliphatic rings. The molecule has 4 N–H and O–H groups in total. The number of nitrogens with two attached hydrogens (primary N) is 1. The lowest BCUT2D eigenvalue weighted by molar-refractivity contribution is -0.129. The fourth-order valence-electron chi connectivity index (χ4n) is 2.44. The van der Waals surface area contributed by atoms with E-state index in [0.29, 0.717) is 22.9 Å². The Kier molecular flexibility index (Phi) is 4.41. The maximum Gasteiger partial charge on any atom is 0.250 e. The van der Waals surface area contributed by atoms with Crippen molar-refractivity contribution in [2.45, 2.75) is 13.0 Å². The number of benzene rings is 1. The minimum Gasteiger partial charge on any atom is -0.493 e. The van der Waals surface area contributed by atoms with Gasteiger partial charge in [-0.3, -0.25) is 15.0 Å². The van der Waals surface area contributed by atoms with Crippen LogP contribution in [0.1, 0.15) is 6.92 Å². The van der Waals surface area contributed by atoms with Gasteiger partial charge in [-0.15, -0.1) is 0 Å². The number of fused-ring (bicyclic) bond motifs is 1. The number of carbonyl (C=O) groups excluding carboxylic acids is 2. The van der Waals surface area contributed by atoms with Gasteiger partial charge in [0.1, 0.15) is 6.04 Å². The molecule has 0 aliphatic carbocycles. The molecule has 2 rings (SSSR count). The first kappa shape index (κ1) is 15.9. The Labute approximate surface area is 128 Å². The molecule has 0 saturated carbocycles. The van der Waals surface area contributed by atoms with E-state index in [1.165, 1.54) is 19.1 Å². The highest BCUT2D eigenvalue weighted by molar-refractivity contribution is 6.07. The topological polar surface area (TPSA) is 106 Å². The molecular weight excluding hydrogens is 288 g/mol. The van der Waals surface area contributed by atoms with Crippen molar-refractivity contribution in [3.63, 3.8) is 0 Å². The molecule has 0 fully saturated rings. The maximum absolute atomic E-state index is 12.5. The first-order valence-electron chi connectivity index (χ1n) is 6.75. The summed E-state index contributed by atoms with van der Waals surface area (Å²) in [5.74, 6) is 4.94. The number of nitrogens with one attached hydrogen (secondary N) is 2. The number of nitrogens with zero attached hydrogens (tertiary/aromatic N) is 1. The Balaban J connectivity index is 2.43. The average Bonchev–Trinajstić information content (AvgIpc) is 2.55. The number of hydrazine groups is 1. The second kappa shape index (κ2) is 6.10. The van der Waals surface area contributed by atoms with Crippen molar-refractivity contribution in [3.05, 3.63) is 12.1 Å². The summed E-state index contributed by atoms with van der Waals surface area (Å²) in [6.07, 6.45) is 0. The van der Waals surface area contributed by atoms with Gasteiger partial charge in [0.25, 0.3) is 0 Å². The second-order valence-corrected chi connectivity index (χ2v) is 5.04. The molecule has 0 radical (unpaired) electrons. The molecule has 2 amide bonds. The van der Waals surface area contributed by atoms with Crippen molar-refractivity contribution < 1.29 is 19.1 Å². The SMILES string of the molecule is COc1cc2c(cc1OC)N(C)C(=O)C(C(C)C(=O)NN)N2. The van der Waals surface area contributed by atoms with Crippen LogP contribution in [-0.2, 0) is 9.59 Å². The Morgan fingerprint density at radius 2 is 1.95 bits per heavy atom. The Hall–Kier alpha value is -2.48. The Morgan fingerprint density at radius 3 is 2.50 bits per heavy atom. The van der Waals surface area contributed by atoms with Crippen LogP contribution in [0.25, 0.3) is 0 Å². The van der Waals surface area contributed by atoms with Crippen LogP contribution in [0.15, 0.2) is 12.1 Å². The molecular formula is C14H20N4O4. The van der Waals surface area contributed by atoms with Gasteiger partial charge in [0.2, 0.25) is 11.8 Å². The summed E-state index contributed by atoms with van der Waals surface area (Å²) >= 11 is 0. The van der Waals surface area contributed by atoms with Crippen molar-refractivity contribution >= 4 is 23.2 Å². The summed E-state index contributed by atoms with van der Waals surface area (Å²) < 4.78 is 10.5. The van der Waals surface area contributed by atoms with Gasteiger partial charge in [0.15, 0.2) is 11.5 Å². The van der Waals surface area contributed by atoms with Crippen molar-refractivity contribution in [1.82, 2.24) is 5.43 Å². The first-order chi connectivity index (χ1) is 10.4. The van der Waals surface area contributed by atoms with Gasteiger partial charge in [-0.1, -0.05) is 6.92 Å². The summed E-state index contributed by atoms with van der Waals surface area (Å²) in [6, 6.07) is 2.74. The van der Waals surface area contributed by atoms with E-state index in [1.54, 1.807) is 26.1 Å². The molecule has 120 valence electrons. The van der Waals surface area contributed by atoms with Crippen LogP contribution >= 0.6 is 0 Å². The lowest BCUT2D eigenvalue weighted by Gasteiger charge is -2.35. The van der Waals surface area contributed by atoms with Gasteiger partial charge in [-0.2, -0.15) is 0 Å². The number of carbonyl (C=O) groups is 2. The third-order valence-corrected chi connectivity index (χ3v) is 3.83. The van der Waals surface area contributed by atoms with E-state index in [1.807, 2.05) is 0 Å². The zero-order chi connectivity index (χ0) is 16.4. The smallest absolute Gasteiger partial charge is 0.250 e. The number of hydrogen-bond donors (Lipinski definition) is 3. The van der Waals surface area contributed by atoms with E-state index < -0.39 is 17.9 Å². The zero-order valence-electron chi connectivity index (χ0n) is 13.0. The Bertz CT molecular complexity index is 605. The molecule has 0 bridgehead atoms. The minimum atomic E-state index is -0.709. The van der Waals surface area contributed by atoms with Gasteiger partial charge in [0.05, 0.1) is 31.5 Å². The van der Waals surface area contributed by atoms with E-state index in [-0.39, 0.29) is 5.91 Å². The van der Waals surface area contributed by atoms with Gasteiger partial charge >= 0.3 is 0 Å². The molecule has 1 aliphatic heterocycles. The molecule has 2 unspecified atom stereocenters. The summed E-state index contributed by atoms with van der Waals surface area (Å²) in [5, 5.41) is 3.08. The third kappa shape index (κ3) is 2.52. The lowest BCUT2D eigenvalue weighted by atomic mass is 9.96. The van der Waals surface area contributed by atoms with Crippen molar-refractivity contribution in [1.29, 1.82) is 0 Å². The highest BCUT2D eigenvalue weighted by Gasteiger charge is 2.37. The van der Waals surface area contributed by atoms with Crippen LogP contribution in [0.3, 0.4) is 0 Å². The maximum atomic E-state index is 12.5. The normalized spacial score (nSPS) is 18.1. The van der Waals surface area contributed by atoms with Crippen molar-refractivity contribution in [2.24, 2.45) is 11.8 Å². The molecule has 0 saturated heterocycles. The van der Waals surface area contributed by atoms with Crippen LogP contribution in [0.5, 0.6) is 11.5 Å². The van der Waals surface area contributed by atoms with Crippen LogP contribution < -0.4 is 31.0 Å². The van der Waals surface area contributed by atoms with Gasteiger partial charge in [-0.25, -0.2) is 5.84 Å². The zero-order valence-corrected chi connectivity index (χ0v) is 13.0. The highest BCUT2D eigenvalue weighted by atomic mass is 16.5. The first-order valence-corrected chi connectivity index (χ1v) is 6.75. The number of likely N-dealkylation sites (N-methyl/N-ethyl adjacent to an activating group) is 1. The number of hydrogen-bond acceptors (Lipinski definition) is 6. The number of ether oxygens (including phenoxy) is 2. The predicted octanol–water partition coefficient (Wildman–Crippen LogP) is 0.0867. The van der Waals surface area contributed by atoms with Crippen molar-refractivity contribution in [2.75, 3.05) is 31.5 Å². The highest BCUT2D eigenvalue weighted by Crippen LogP contribution is 2.41. The number of amides is 2. The molecule has 2 atom stereocenters. The van der Waals surface area contributed by atoms with E-state index in [0.717, 1.165) is 0 Å². The van der Waals surface area contributed by atoms with Crippen LogP contribution in [0, 0.1) is 5.92 Å². The molecule has 1 aromatic carbocycles. The van der Waals surface area contributed by atoms with E-state index >= 15 is 0 Å². The minimum absolute atomic E-state index is 0.226. The van der Waals surface area contributed by atoms with Gasteiger partial charge < -0.3 is 19.7 Å². The van der Waals surface area contributed by atoms with Gasteiger partial charge in [0, 0.05) is 19.2 Å². The fraction of sp³-hybridized carbons (Fsp3) is 0.429. The summed E-state index contributed by atoms with van der Waals surface area (Å²) in [7, 11) is 4.71. The van der Waals surface area contributed by atoms with E-state index in [2.05, 4.69) is 10.7 Å². The standard InChI is InChI=1S/C14H20N4O4/c1-7(13(19)17-15)12-14(20)18(2)9-6-11(22-4)10(21-3)5-8(9)16-12/h5-7,12,16H,15H2,1-4H3,(H,17,19). The predicted molar refractivity (Wildman–Crippen MR) is 81.9 cm³/mol. The molecule has 0 aromatic heterocycles. The Morgan fingerprint density at radius 1 is 1.36 bits per heavy atom. The largest absolute Gasteiger partial charge is 0.493 e. The van der Waals surface area contributed by atoms with Gasteiger partial charge in [-0.05, 0) is 0 Å². The number of rotatable bonds is 4. The lowest BCUT2D eigenvalue weighted by Crippen LogP contribution is -2.53. The summed E-state index contributed by atoms with van der Waals surface area (Å²) in [6.45, 7) is 1.64.